The Kier molecular flexibility index (Phi) is 4.32. The van der Waals surface area contributed by atoms with Crippen molar-refractivity contribution in [2.75, 3.05) is 6.54 Å². The van der Waals surface area contributed by atoms with Crippen LogP contribution >= 0.6 is 0 Å². The first-order valence-corrected chi connectivity index (χ1v) is 6.26. The predicted molar refractivity (Wildman–Crippen MR) is 74.5 cm³/mol. The molecule has 0 aromatic heterocycles. The maximum Gasteiger partial charge on any atom is 0.332 e. The van der Waals surface area contributed by atoms with E-state index in [-0.39, 0.29) is 18.9 Å². The van der Waals surface area contributed by atoms with Crippen LogP contribution in [-0.2, 0) is 4.79 Å². The van der Waals surface area contributed by atoms with Crippen LogP contribution in [0, 0.1) is 0 Å². The number of fused-ring (bicyclic) bond motifs is 1. The first-order valence-electron chi connectivity index (χ1n) is 6.26. The summed E-state index contributed by atoms with van der Waals surface area (Å²) in [6, 6.07) is 13.0. The molecule has 0 fully saturated rings. The van der Waals surface area contributed by atoms with Crippen LogP contribution in [0.3, 0.4) is 0 Å². The lowest BCUT2D eigenvalue weighted by Gasteiger charge is -2.09. The van der Waals surface area contributed by atoms with Gasteiger partial charge in [-0.25, -0.2) is 4.79 Å². The van der Waals surface area contributed by atoms with Gasteiger partial charge >= 0.3 is 5.97 Å². The number of aliphatic carboxylic acids is 1. The van der Waals surface area contributed by atoms with Gasteiger partial charge in [-0.1, -0.05) is 36.4 Å². The highest BCUT2D eigenvalue weighted by molar-refractivity contribution is 6.06. The van der Waals surface area contributed by atoms with Gasteiger partial charge in [0.1, 0.15) is 0 Å². The highest BCUT2D eigenvalue weighted by atomic mass is 16.4. The van der Waals surface area contributed by atoms with Crippen molar-refractivity contribution in [2.45, 2.75) is 12.5 Å². The average Bonchev–Trinajstić information content (AvgIpc) is 2.46. The van der Waals surface area contributed by atoms with E-state index in [2.05, 4.69) is 5.32 Å². The summed E-state index contributed by atoms with van der Waals surface area (Å²) in [7, 11) is 0. The van der Waals surface area contributed by atoms with Crippen molar-refractivity contribution in [3.8, 4) is 0 Å². The summed E-state index contributed by atoms with van der Waals surface area (Å²) in [6.45, 7) is 0.107. The maximum atomic E-state index is 12.1. The molecule has 0 radical (unpaired) electrons. The number of nitrogens with one attached hydrogen (secondary N) is 1. The Hall–Kier alpha value is -2.40. The first kappa shape index (κ1) is 14.0. The van der Waals surface area contributed by atoms with Gasteiger partial charge in [0.2, 0.25) is 0 Å². The number of carboxylic acids is 1. The van der Waals surface area contributed by atoms with Gasteiger partial charge in [0.05, 0.1) is 0 Å². The monoisotopic (exact) mass is 273 g/mol. The molecule has 0 heterocycles. The fourth-order valence-corrected chi connectivity index (χ4v) is 1.96. The fourth-order valence-electron chi connectivity index (χ4n) is 1.96. The highest BCUT2D eigenvalue weighted by Crippen LogP contribution is 2.18. The van der Waals surface area contributed by atoms with Crippen LogP contribution in [0.25, 0.3) is 10.8 Å². The van der Waals surface area contributed by atoms with Gasteiger partial charge < -0.3 is 15.5 Å². The summed E-state index contributed by atoms with van der Waals surface area (Å²) >= 11 is 0. The number of carbonyl (C=O) groups excluding carboxylic acids is 1. The number of carboxylic acid groups (broad SMARTS) is 1. The lowest BCUT2D eigenvalue weighted by Crippen LogP contribution is -2.30. The second-order valence-electron chi connectivity index (χ2n) is 4.43. The van der Waals surface area contributed by atoms with E-state index < -0.39 is 12.1 Å². The van der Waals surface area contributed by atoms with Crippen LogP contribution < -0.4 is 5.32 Å². The van der Waals surface area contributed by atoms with E-state index in [9.17, 15) is 9.59 Å². The van der Waals surface area contributed by atoms with Gasteiger partial charge in [0.15, 0.2) is 6.10 Å². The quantitative estimate of drug-likeness (QED) is 0.768. The molecule has 1 atom stereocenters. The molecule has 2 aromatic carbocycles. The van der Waals surface area contributed by atoms with Gasteiger partial charge in [-0.2, -0.15) is 0 Å². The molecule has 0 aliphatic carbocycles. The standard InChI is InChI=1S/C15H15NO4/c17-13(15(19)20)8-9-16-14(18)12-7-3-5-10-4-1-2-6-11(10)12/h1-7,13,17H,8-9H2,(H,16,18)(H,19,20). The molecule has 0 aliphatic heterocycles. The molecule has 2 rings (SSSR count). The van der Waals surface area contributed by atoms with Crippen molar-refractivity contribution in [1.29, 1.82) is 0 Å². The number of aliphatic hydroxyl groups excluding tert-OH is 1. The lowest BCUT2D eigenvalue weighted by molar-refractivity contribution is -0.146. The SMILES string of the molecule is O=C(NCCC(O)C(=O)O)c1cccc2ccccc12. The Morgan fingerprint density at radius 3 is 2.55 bits per heavy atom. The molecule has 0 bridgehead atoms. The van der Waals surface area contributed by atoms with Crippen molar-refractivity contribution in [2.24, 2.45) is 0 Å². The Labute approximate surface area is 115 Å². The number of hydrogen-bond donors (Lipinski definition) is 3. The van der Waals surface area contributed by atoms with Crippen molar-refractivity contribution < 1.29 is 19.8 Å². The number of rotatable bonds is 5. The Morgan fingerprint density at radius 2 is 1.80 bits per heavy atom. The molecule has 5 nitrogen and oxygen atoms in total. The third kappa shape index (κ3) is 3.13. The molecule has 0 spiro atoms. The van der Waals surface area contributed by atoms with Crippen molar-refractivity contribution in [3.05, 3.63) is 48.0 Å². The van der Waals surface area contributed by atoms with Gasteiger partial charge in [-0.3, -0.25) is 4.79 Å². The Balaban J connectivity index is 2.06. The highest BCUT2D eigenvalue weighted by Gasteiger charge is 2.14. The number of carbonyl (C=O) groups is 2. The molecule has 2 aromatic rings. The molecule has 1 amide bonds. The Morgan fingerprint density at radius 1 is 1.10 bits per heavy atom. The van der Waals surface area contributed by atoms with E-state index >= 15 is 0 Å². The van der Waals surface area contributed by atoms with E-state index in [1.807, 2.05) is 30.3 Å². The zero-order chi connectivity index (χ0) is 14.5. The summed E-state index contributed by atoms with van der Waals surface area (Å²) in [5, 5.41) is 22.1. The predicted octanol–water partition coefficient (Wildman–Crippen LogP) is 1.41. The molecule has 3 N–H and O–H groups in total. The minimum absolute atomic E-state index is 0.0220. The molecule has 0 aliphatic rings. The number of amides is 1. The van der Waals surface area contributed by atoms with Gasteiger partial charge in [0.25, 0.3) is 5.91 Å². The zero-order valence-corrected chi connectivity index (χ0v) is 10.7. The third-order valence-corrected chi connectivity index (χ3v) is 3.02. The zero-order valence-electron chi connectivity index (χ0n) is 10.7. The van der Waals surface area contributed by atoms with Gasteiger partial charge in [-0.05, 0) is 16.8 Å². The summed E-state index contributed by atoms with van der Waals surface area (Å²) in [5.41, 5.74) is 0.535. The van der Waals surface area contributed by atoms with Crippen LogP contribution in [-0.4, -0.2) is 34.7 Å². The van der Waals surface area contributed by atoms with E-state index in [0.717, 1.165) is 10.8 Å². The second kappa shape index (κ2) is 6.16. The minimum Gasteiger partial charge on any atom is -0.479 e. The van der Waals surface area contributed by atoms with Crippen LogP contribution in [0.2, 0.25) is 0 Å². The minimum atomic E-state index is -1.46. The molecule has 1 unspecified atom stereocenters. The summed E-state index contributed by atoms with van der Waals surface area (Å²) in [5.74, 6) is -1.57. The first-order chi connectivity index (χ1) is 9.59. The van der Waals surface area contributed by atoms with Crippen LogP contribution in [0.4, 0.5) is 0 Å². The van der Waals surface area contributed by atoms with E-state index in [1.165, 1.54) is 0 Å². The number of hydrogen-bond acceptors (Lipinski definition) is 3. The Bertz CT molecular complexity index is 633. The lowest BCUT2D eigenvalue weighted by atomic mass is 10.0. The van der Waals surface area contributed by atoms with E-state index in [0.29, 0.717) is 5.56 Å². The largest absolute Gasteiger partial charge is 0.479 e. The summed E-state index contributed by atoms with van der Waals surface area (Å²) < 4.78 is 0. The molecule has 5 heteroatoms. The normalized spacial score (nSPS) is 12.1. The van der Waals surface area contributed by atoms with Crippen molar-refractivity contribution in [3.63, 3.8) is 0 Å². The third-order valence-electron chi connectivity index (χ3n) is 3.02. The van der Waals surface area contributed by atoms with Gasteiger partial charge in [0, 0.05) is 18.5 Å². The smallest absolute Gasteiger partial charge is 0.332 e. The van der Waals surface area contributed by atoms with Crippen LogP contribution in [0.1, 0.15) is 16.8 Å². The average molecular weight is 273 g/mol. The van der Waals surface area contributed by atoms with Crippen molar-refractivity contribution >= 4 is 22.6 Å². The fraction of sp³-hybridized carbons (Fsp3) is 0.200. The molecule has 0 saturated heterocycles. The van der Waals surface area contributed by atoms with Gasteiger partial charge in [-0.15, -0.1) is 0 Å². The molecule has 0 saturated carbocycles. The second-order valence-corrected chi connectivity index (χ2v) is 4.43. The van der Waals surface area contributed by atoms with Crippen LogP contribution in [0.5, 0.6) is 0 Å². The topological polar surface area (TPSA) is 86.6 Å². The van der Waals surface area contributed by atoms with Crippen LogP contribution in [0.15, 0.2) is 42.5 Å². The molecule has 20 heavy (non-hydrogen) atoms. The number of aliphatic hydroxyl groups is 1. The maximum absolute atomic E-state index is 12.1. The summed E-state index contributed by atoms with van der Waals surface area (Å²) in [6.07, 6.45) is -1.48. The molecular weight excluding hydrogens is 258 g/mol. The molecular formula is C15H15NO4. The number of benzene rings is 2. The summed E-state index contributed by atoms with van der Waals surface area (Å²) in [4.78, 5) is 22.5. The van der Waals surface area contributed by atoms with E-state index in [1.54, 1.807) is 12.1 Å². The van der Waals surface area contributed by atoms with Crippen molar-refractivity contribution in [1.82, 2.24) is 5.32 Å². The molecule has 104 valence electrons. The van der Waals surface area contributed by atoms with E-state index in [4.69, 9.17) is 10.2 Å².